The first-order valence-electron chi connectivity index (χ1n) is 8.65. The molecule has 0 bridgehead atoms. The highest BCUT2D eigenvalue weighted by molar-refractivity contribution is 7.99. The summed E-state index contributed by atoms with van der Waals surface area (Å²) in [6.07, 6.45) is 2.36. The standard InChI is InChI=1S/C19H20ClN3O3S/c1-3-8-23-18(25)14-7-6-13(20)10-15(14)22-19(23)27-11-17(24)21-12(2)16-5-4-9-26-16/h4-7,9-10,12H,3,8,11H2,1-2H3,(H,21,24)/t12-/m0/s1. The molecule has 0 fully saturated rings. The van der Waals surface area contributed by atoms with Crippen molar-refractivity contribution in [1.82, 2.24) is 14.9 Å². The smallest absolute Gasteiger partial charge is 0.262 e. The Labute approximate surface area is 165 Å². The summed E-state index contributed by atoms with van der Waals surface area (Å²) < 4.78 is 6.91. The fourth-order valence-electron chi connectivity index (χ4n) is 2.73. The molecule has 8 heteroatoms. The summed E-state index contributed by atoms with van der Waals surface area (Å²) in [5, 5.41) is 4.43. The third-order valence-corrected chi connectivity index (χ3v) is 5.22. The van der Waals surface area contributed by atoms with Crippen molar-refractivity contribution in [1.29, 1.82) is 0 Å². The normalized spacial score (nSPS) is 12.3. The van der Waals surface area contributed by atoms with E-state index in [9.17, 15) is 9.59 Å². The van der Waals surface area contributed by atoms with E-state index in [0.29, 0.717) is 33.4 Å². The van der Waals surface area contributed by atoms with Crippen molar-refractivity contribution in [2.45, 2.75) is 38.0 Å². The molecule has 2 aromatic heterocycles. The van der Waals surface area contributed by atoms with Gasteiger partial charge in [0.05, 0.1) is 29.0 Å². The lowest BCUT2D eigenvalue weighted by atomic mass is 10.2. The second-order valence-corrected chi connectivity index (χ2v) is 7.48. The fraction of sp³-hybridized carbons (Fsp3) is 0.316. The minimum Gasteiger partial charge on any atom is -0.467 e. The largest absolute Gasteiger partial charge is 0.467 e. The van der Waals surface area contributed by atoms with Crippen molar-refractivity contribution >= 4 is 40.2 Å². The lowest BCUT2D eigenvalue weighted by Crippen LogP contribution is -2.29. The van der Waals surface area contributed by atoms with Gasteiger partial charge in [0.25, 0.3) is 5.56 Å². The molecule has 142 valence electrons. The maximum absolute atomic E-state index is 12.8. The molecule has 27 heavy (non-hydrogen) atoms. The third kappa shape index (κ3) is 4.54. The first-order chi connectivity index (χ1) is 13.0. The van der Waals surface area contributed by atoms with Gasteiger partial charge in [-0.05, 0) is 43.7 Å². The number of rotatable bonds is 7. The first kappa shape index (κ1) is 19.5. The number of thioether (sulfide) groups is 1. The highest BCUT2D eigenvalue weighted by atomic mass is 35.5. The molecular formula is C19H20ClN3O3S. The van der Waals surface area contributed by atoms with E-state index < -0.39 is 0 Å². The van der Waals surface area contributed by atoms with Gasteiger partial charge < -0.3 is 9.73 Å². The van der Waals surface area contributed by atoms with Gasteiger partial charge in [-0.15, -0.1) is 0 Å². The molecule has 3 aromatic rings. The average molecular weight is 406 g/mol. The van der Waals surface area contributed by atoms with Gasteiger partial charge in [-0.2, -0.15) is 0 Å². The third-order valence-electron chi connectivity index (χ3n) is 4.01. The summed E-state index contributed by atoms with van der Waals surface area (Å²) in [5.41, 5.74) is 0.414. The summed E-state index contributed by atoms with van der Waals surface area (Å²) in [6.45, 7) is 4.38. The summed E-state index contributed by atoms with van der Waals surface area (Å²) in [5.74, 6) is 0.676. The zero-order valence-electron chi connectivity index (χ0n) is 15.1. The fourth-order valence-corrected chi connectivity index (χ4v) is 3.73. The zero-order chi connectivity index (χ0) is 19.4. The number of furan rings is 1. The van der Waals surface area contributed by atoms with Gasteiger partial charge in [0, 0.05) is 11.6 Å². The number of amides is 1. The highest BCUT2D eigenvalue weighted by Crippen LogP contribution is 2.21. The average Bonchev–Trinajstić information content (AvgIpc) is 3.17. The van der Waals surface area contributed by atoms with Crippen LogP contribution >= 0.6 is 23.4 Å². The molecule has 2 heterocycles. The van der Waals surface area contributed by atoms with Gasteiger partial charge >= 0.3 is 0 Å². The maximum Gasteiger partial charge on any atom is 0.262 e. The van der Waals surface area contributed by atoms with Crippen LogP contribution < -0.4 is 10.9 Å². The van der Waals surface area contributed by atoms with Crippen LogP contribution in [0.15, 0.2) is 51.0 Å². The summed E-state index contributed by atoms with van der Waals surface area (Å²) in [7, 11) is 0. The van der Waals surface area contributed by atoms with E-state index in [1.807, 2.05) is 19.9 Å². The lowest BCUT2D eigenvalue weighted by molar-refractivity contribution is -0.119. The van der Waals surface area contributed by atoms with Gasteiger partial charge in [0.2, 0.25) is 5.91 Å². The molecule has 0 aliphatic heterocycles. The molecule has 0 saturated heterocycles. The quantitative estimate of drug-likeness (QED) is 0.474. The van der Waals surface area contributed by atoms with E-state index in [0.717, 1.165) is 6.42 Å². The number of aromatic nitrogens is 2. The van der Waals surface area contributed by atoms with Crippen LogP contribution in [0.2, 0.25) is 5.02 Å². The molecule has 0 aliphatic carbocycles. The molecule has 3 rings (SSSR count). The topological polar surface area (TPSA) is 77.1 Å². The Morgan fingerprint density at radius 1 is 1.41 bits per heavy atom. The number of nitrogens with one attached hydrogen (secondary N) is 1. The number of hydrogen-bond donors (Lipinski definition) is 1. The number of benzene rings is 1. The number of carbonyl (C=O) groups is 1. The second-order valence-electron chi connectivity index (χ2n) is 6.11. The molecule has 1 N–H and O–H groups in total. The van der Waals surface area contributed by atoms with E-state index in [4.69, 9.17) is 16.0 Å². The minimum atomic E-state index is -0.227. The summed E-state index contributed by atoms with van der Waals surface area (Å²) >= 11 is 7.26. The Morgan fingerprint density at radius 3 is 2.93 bits per heavy atom. The van der Waals surface area contributed by atoms with E-state index in [2.05, 4.69) is 10.3 Å². The molecule has 0 aliphatic rings. The van der Waals surface area contributed by atoms with Crippen molar-refractivity contribution < 1.29 is 9.21 Å². The molecule has 1 amide bonds. The van der Waals surface area contributed by atoms with E-state index in [-0.39, 0.29) is 23.3 Å². The van der Waals surface area contributed by atoms with Crippen LogP contribution in [0, 0.1) is 0 Å². The molecule has 1 aromatic carbocycles. The number of halogens is 1. The van der Waals surface area contributed by atoms with Gasteiger partial charge in [0.1, 0.15) is 5.76 Å². The Balaban J connectivity index is 1.79. The van der Waals surface area contributed by atoms with Crippen molar-refractivity contribution in [3.63, 3.8) is 0 Å². The highest BCUT2D eigenvalue weighted by Gasteiger charge is 2.15. The van der Waals surface area contributed by atoms with Crippen LogP contribution in [-0.4, -0.2) is 21.2 Å². The van der Waals surface area contributed by atoms with Crippen molar-refractivity contribution in [2.75, 3.05) is 5.75 Å². The van der Waals surface area contributed by atoms with Crippen molar-refractivity contribution in [2.24, 2.45) is 0 Å². The first-order valence-corrected chi connectivity index (χ1v) is 10.0. The van der Waals surface area contributed by atoms with Crippen molar-refractivity contribution in [3.05, 3.63) is 57.7 Å². The van der Waals surface area contributed by atoms with Gasteiger partial charge in [0.15, 0.2) is 5.16 Å². The Morgan fingerprint density at radius 2 is 2.22 bits per heavy atom. The van der Waals surface area contributed by atoms with Crippen molar-refractivity contribution in [3.8, 4) is 0 Å². The summed E-state index contributed by atoms with van der Waals surface area (Å²) in [4.78, 5) is 29.6. The molecule has 0 unspecified atom stereocenters. The van der Waals surface area contributed by atoms with E-state index in [1.165, 1.54) is 11.8 Å². The molecule has 0 saturated carbocycles. The van der Waals surface area contributed by atoms with Gasteiger partial charge in [-0.1, -0.05) is 30.3 Å². The van der Waals surface area contributed by atoms with Crippen LogP contribution in [0.5, 0.6) is 0 Å². The summed E-state index contributed by atoms with van der Waals surface area (Å²) in [6, 6.07) is 8.39. The van der Waals surface area contributed by atoms with E-state index >= 15 is 0 Å². The van der Waals surface area contributed by atoms with Gasteiger partial charge in [-0.25, -0.2) is 4.98 Å². The Kier molecular flexibility index (Phi) is 6.23. The molecule has 1 atom stereocenters. The molecular weight excluding hydrogens is 386 g/mol. The number of nitrogens with zero attached hydrogens (tertiary/aromatic N) is 2. The maximum atomic E-state index is 12.8. The van der Waals surface area contributed by atoms with E-state index in [1.54, 1.807) is 35.1 Å². The molecule has 0 radical (unpaired) electrons. The predicted molar refractivity (Wildman–Crippen MR) is 107 cm³/mol. The number of hydrogen-bond acceptors (Lipinski definition) is 5. The number of fused-ring (bicyclic) bond motifs is 1. The Bertz CT molecular complexity index is 1000. The molecule has 0 spiro atoms. The van der Waals surface area contributed by atoms with Crippen LogP contribution in [0.25, 0.3) is 10.9 Å². The molecule has 6 nitrogen and oxygen atoms in total. The van der Waals surface area contributed by atoms with Gasteiger partial charge in [-0.3, -0.25) is 14.2 Å². The monoisotopic (exact) mass is 405 g/mol. The van der Waals surface area contributed by atoms with Crippen LogP contribution in [0.4, 0.5) is 0 Å². The minimum absolute atomic E-state index is 0.120. The predicted octanol–water partition coefficient (Wildman–Crippen LogP) is 4.02. The Hall–Kier alpha value is -2.25. The number of carbonyl (C=O) groups excluding carboxylic acids is 1. The lowest BCUT2D eigenvalue weighted by Gasteiger charge is -2.14. The zero-order valence-corrected chi connectivity index (χ0v) is 16.6. The van der Waals surface area contributed by atoms with Crippen LogP contribution in [0.3, 0.4) is 0 Å². The second kappa shape index (κ2) is 8.63. The SMILES string of the molecule is CCCn1c(SCC(=O)N[C@@H](C)c2ccco2)nc2cc(Cl)ccc2c1=O. The van der Waals surface area contributed by atoms with Crippen LogP contribution in [0.1, 0.15) is 32.1 Å². The van der Waals surface area contributed by atoms with Crippen LogP contribution in [-0.2, 0) is 11.3 Å².